The molecule has 1 aliphatic heterocycles. The van der Waals surface area contributed by atoms with E-state index in [1.165, 1.54) is 0 Å². The van der Waals surface area contributed by atoms with Gasteiger partial charge in [0.2, 0.25) is 5.91 Å². The van der Waals surface area contributed by atoms with E-state index >= 15 is 0 Å². The smallest absolute Gasteiger partial charge is 0.244 e. The molecule has 2 heterocycles. The highest BCUT2D eigenvalue weighted by molar-refractivity contribution is 5.83. The molecule has 5 nitrogen and oxygen atoms in total. The molecule has 23 heavy (non-hydrogen) atoms. The average molecular weight is 312 g/mol. The molecule has 1 aliphatic rings. The summed E-state index contributed by atoms with van der Waals surface area (Å²) in [6.45, 7) is 4.58. The molecular formula is C18H24N4O. The van der Waals surface area contributed by atoms with Crippen molar-refractivity contribution >= 4 is 5.91 Å². The van der Waals surface area contributed by atoms with Crippen LogP contribution in [-0.2, 0) is 11.3 Å². The van der Waals surface area contributed by atoms with Crippen LogP contribution in [0.1, 0.15) is 31.4 Å². The van der Waals surface area contributed by atoms with Gasteiger partial charge in [-0.25, -0.2) is 0 Å². The summed E-state index contributed by atoms with van der Waals surface area (Å²) in [6, 6.07) is 11.8. The highest BCUT2D eigenvalue weighted by Gasteiger charge is 2.28. The topological polar surface area (TPSA) is 50.2 Å². The van der Waals surface area contributed by atoms with Gasteiger partial charge in [-0.05, 0) is 31.4 Å². The molecule has 122 valence electrons. The van der Waals surface area contributed by atoms with Crippen LogP contribution in [0.3, 0.4) is 0 Å². The molecule has 0 saturated carbocycles. The zero-order valence-electron chi connectivity index (χ0n) is 13.6. The molecule has 1 fully saturated rings. The number of benzene rings is 1. The van der Waals surface area contributed by atoms with Gasteiger partial charge in [-0.3, -0.25) is 14.8 Å². The molecule has 1 saturated heterocycles. The third-order valence-electron chi connectivity index (χ3n) is 4.27. The molecule has 0 bridgehead atoms. The molecule has 2 aromatic rings. The first-order valence-corrected chi connectivity index (χ1v) is 8.31. The standard InChI is InChI=1S/C18H24N4O/c1-15(14-22-13-7-10-19-22)20-17(16-8-3-2-4-9-16)18(23)21-11-5-6-12-21/h2-4,7-10,13,15,17,20H,5-6,11-12,14H2,1H3/t15-,17-/m0/s1. The lowest BCUT2D eigenvalue weighted by atomic mass is 10.0. The summed E-state index contributed by atoms with van der Waals surface area (Å²) in [5.74, 6) is 0.181. The van der Waals surface area contributed by atoms with Crippen molar-refractivity contribution in [2.75, 3.05) is 13.1 Å². The van der Waals surface area contributed by atoms with Gasteiger partial charge in [-0.2, -0.15) is 5.10 Å². The monoisotopic (exact) mass is 312 g/mol. The van der Waals surface area contributed by atoms with Gasteiger partial charge in [-0.15, -0.1) is 0 Å². The number of carbonyl (C=O) groups excluding carboxylic acids is 1. The minimum Gasteiger partial charge on any atom is -0.341 e. The number of amides is 1. The van der Waals surface area contributed by atoms with Crippen molar-refractivity contribution in [1.29, 1.82) is 0 Å². The predicted molar refractivity (Wildman–Crippen MR) is 89.8 cm³/mol. The molecule has 0 aliphatic carbocycles. The Morgan fingerprint density at radius 2 is 1.96 bits per heavy atom. The Kier molecular flexibility index (Phi) is 5.08. The quantitative estimate of drug-likeness (QED) is 0.890. The van der Waals surface area contributed by atoms with E-state index in [0.29, 0.717) is 0 Å². The van der Waals surface area contributed by atoms with Crippen molar-refractivity contribution < 1.29 is 4.79 Å². The van der Waals surface area contributed by atoms with E-state index in [9.17, 15) is 4.79 Å². The number of likely N-dealkylation sites (tertiary alicyclic amines) is 1. The molecule has 1 aromatic heterocycles. The number of nitrogens with one attached hydrogen (secondary N) is 1. The normalized spacial score (nSPS) is 17.2. The van der Waals surface area contributed by atoms with Crippen LogP contribution in [0.5, 0.6) is 0 Å². The molecule has 5 heteroatoms. The minimum atomic E-state index is -0.292. The summed E-state index contributed by atoms with van der Waals surface area (Å²) in [5.41, 5.74) is 1.02. The zero-order chi connectivity index (χ0) is 16.1. The van der Waals surface area contributed by atoms with Crippen molar-refractivity contribution in [3.05, 3.63) is 54.4 Å². The van der Waals surface area contributed by atoms with Crippen LogP contribution in [0.25, 0.3) is 0 Å². The van der Waals surface area contributed by atoms with Crippen LogP contribution < -0.4 is 5.32 Å². The van der Waals surface area contributed by atoms with Gasteiger partial charge in [-0.1, -0.05) is 30.3 Å². The number of aromatic nitrogens is 2. The van der Waals surface area contributed by atoms with E-state index < -0.39 is 0 Å². The van der Waals surface area contributed by atoms with Crippen LogP contribution >= 0.6 is 0 Å². The summed E-state index contributed by atoms with van der Waals surface area (Å²) in [5, 5.41) is 7.74. The van der Waals surface area contributed by atoms with Crippen molar-refractivity contribution in [2.24, 2.45) is 0 Å². The third kappa shape index (κ3) is 3.99. The molecule has 0 unspecified atom stereocenters. The molecule has 3 rings (SSSR count). The summed E-state index contributed by atoms with van der Waals surface area (Å²) in [7, 11) is 0. The van der Waals surface area contributed by atoms with Gasteiger partial charge >= 0.3 is 0 Å². The fourth-order valence-corrected chi connectivity index (χ4v) is 3.10. The van der Waals surface area contributed by atoms with Crippen molar-refractivity contribution in [2.45, 2.75) is 38.4 Å². The van der Waals surface area contributed by atoms with E-state index in [4.69, 9.17) is 0 Å². The van der Waals surface area contributed by atoms with E-state index in [0.717, 1.165) is 38.0 Å². The maximum absolute atomic E-state index is 12.9. The number of hydrogen-bond donors (Lipinski definition) is 1. The maximum Gasteiger partial charge on any atom is 0.244 e. The number of hydrogen-bond acceptors (Lipinski definition) is 3. The van der Waals surface area contributed by atoms with Gasteiger partial charge < -0.3 is 4.90 Å². The minimum absolute atomic E-state index is 0.145. The molecule has 0 spiro atoms. The fourth-order valence-electron chi connectivity index (χ4n) is 3.10. The highest BCUT2D eigenvalue weighted by Crippen LogP contribution is 2.20. The van der Waals surface area contributed by atoms with Gasteiger partial charge in [0.05, 0.1) is 6.54 Å². The van der Waals surface area contributed by atoms with E-state index in [2.05, 4.69) is 17.3 Å². The predicted octanol–water partition coefficient (Wildman–Crippen LogP) is 2.22. The second-order valence-electron chi connectivity index (χ2n) is 6.17. The van der Waals surface area contributed by atoms with Crippen LogP contribution in [-0.4, -0.2) is 39.7 Å². The maximum atomic E-state index is 12.9. The van der Waals surface area contributed by atoms with E-state index in [-0.39, 0.29) is 18.0 Å². The lowest BCUT2D eigenvalue weighted by Gasteiger charge is -2.27. The second-order valence-corrected chi connectivity index (χ2v) is 6.17. The summed E-state index contributed by atoms with van der Waals surface area (Å²) in [6.07, 6.45) is 5.93. The Bertz CT molecular complexity index is 605. The fraction of sp³-hybridized carbons (Fsp3) is 0.444. The third-order valence-corrected chi connectivity index (χ3v) is 4.27. The molecule has 1 N–H and O–H groups in total. The van der Waals surface area contributed by atoms with Gasteiger partial charge in [0.25, 0.3) is 0 Å². The highest BCUT2D eigenvalue weighted by atomic mass is 16.2. The summed E-state index contributed by atoms with van der Waals surface area (Å²) >= 11 is 0. The summed E-state index contributed by atoms with van der Waals surface area (Å²) in [4.78, 5) is 14.9. The van der Waals surface area contributed by atoms with Crippen molar-refractivity contribution in [1.82, 2.24) is 20.0 Å². The SMILES string of the molecule is C[C@@H](Cn1cccn1)N[C@H](C(=O)N1CCCC1)c1ccccc1. The molecule has 1 aromatic carbocycles. The second kappa shape index (κ2) is 7.42. The number of carbonyl (C=O) groups is 1. The number of rotatable bonds is 6. The van der Waals surface area contributed by atoms with Crippen molar-refractivity contribution in [3.63, 3.8) is 0 Å². The van der Waals surface area contributed by atoms with E-state index in [1.807, 2.05) is 52.2 Å². The van der Waals surface area contributed by atoms with Crippen LogP contribution in [0, 0.1) is 0 Å². The Morgan fingerprint density at radius 1 is 1.22 bits per heavy atom. The van der Waals surface area contributed by atoms with E-state index in [1.54, 1.807) is 6.20 Å². The van der Waals surface area contributed by atoms with Crippen molar-refractivity contribution in [3.8, 4) is 0 Å². The van der Waals surface area contributed by atoms with Crippen LogP contribution in [0.15, 0.2) is 48.8 Å². The van der Waals surface area contributed by atoms with Gasteiger partial charge in [0.1, 0.15) is 6.04 Å². The Balaban J connectivity index is 1.73. The summed E-state index contributed by atoms with van der Waals surface area (Å²) < 4.78 is 1.89. The molecule has 1 amide bonds. The average Bonchev–Trinajstić information content (AvgIpc) is 3.26. The van der Waals surface area contributed by atoms with Gasteiger partial charge in [0.15, 0.2) is 0 Å². The first kappa shape index (κ1) is 15.7. The Hall–Kier alpha value is -2.14. The molecule has 2 atom stereocenters. The zero-order valence-corrected chi connectivity index (χ0v) is 13.6. The first-order chi connectivity index (χ1) is 11.2. The van der Waals surface area contributed by atoms with Crippen LogP contribution in [0.4, 0.5) is 0 Å². The Labute approximate surface area is 137 Å². The molecular weight excluding hydrogens is 288 g/mol. The lowest BCUT2D eigenvalue weighted by molar-refractivity contribution is -0.132. The van der Waals surface area contributed by atoms with Crippen LogP contribution in [0.2, 0.25) is 0 Å². The Morgan fingerprint density at radius 3 is 2.61 bits per heavy atom. The van der Waals surface area contributed by atoms with Gasteiger partial charge in [0, 0.05) is 31.5 Å². The first-order valence-electron chi connectivity index (χ1n) is 8.31. The lowest BCUT2D eigenvalue weighted by Crippen LogP contribution is -2.43. The molecule has 0 radical (unpaired) electrons. The number of nitrogens with zero attached hydrogens (tertiary/aromatic N) is 3. The largest absolute Gasteiger partial charge is 0.341 e.